The molecule has 6 nitrogen and oxygen atoms in total. The summed E-state index contributed by atoms with van der Waals surface area (Å²) in [5.41, 5.74) is 5.70. The topological polar surface area (TPSA) is 89.7 Å². The number of nitrogens with two attached hydrogens (primary N) is 1. The van der Waals surface area contributed by atoms with Crippen LogP contribution in [0, 0.1) is 0 Å². The fourth-order valence-electron chi connectivity index (χ4n) is 2.04. The third-order valence-corrected chi connectivity index (χ3v) is 3.19. The molecule has 1 aromatic rings. The minimum atomic E-state index is -0.589. The number of benzene rings is 1. The summed E-state index contributed by atoms with van der Waals surface area (Å²) in [6, 6.07) is 5.79. The van der Waals surface area contributed by atoms with Gasteiger partial charge in [-0.1, -0.05) is 0 Å². The van der Waals surface area contributed by atoms with Crippen LogP contribution >= 0.6 is 0 Å². The van der Waals surface area contributed by atoms with Crippen LogP contribution in [0.4, 0.5) is 0 Å². The maximum Gasteiger partial charge on any atom is 0.338 e. The van der Waals surface area contributed by atoms with Crippen molar-refractivity contribution in [3.63, 3.8) is 0 Å². The molecular weight excluding hydrogens is 260 g/mol. The fraction of sp³-hybridized carbons (Fsp3) is 0.357. The average molecular weight is 276 g/mol. The number of hydrogen-bond acceptors (Lipinski definition) is 4. The number of nitrogens with zero attached hydrogens (tertiary/aromatic N) is 1. The normalized spacial score (nSPS) is 14.1. The summed E-state index contributed by atoms with van der Waals surface area (Å²) in [5.74, 6) is -1.33. The van der Waals surface area contributed by atoms with Crippen LogP contribution in [-0.2, 0) is 9.53 Å². The first-order valence-electron chi connectivity index (χ1n) is 6.42. The molecule has 0 radical (unpaired) electrons. The molecule has 2 N–H and O–H groups in total. The molecule has 0 bridgehead atoms. The Morgan fingerprint density at radius 3 is 2.15 bits per heavy atom. The van der Waals surface area contributed by atoms with Gasteiger partial charge in [-0.15, -0.1) is 0 Å². The molecule has 2 amide bonds. The third-order valence-electron chi connectivity index (χ3n) is 3.19. The van der Waals surface area contributed by atoms with Gasteiger partial charge in [-0.25, -0.2) is 4.79 Å². The molecule has 2 rings (SSSR count). The molecule has 1 saturated heterocycles. The van der Waals surface area contributed by atoms with Gasteiger partial charge in [-0.05, 0) is 37.1 Å². The zero-order chi connectivity index (χ0) is 14.5. The van der Waals surface area contributed by atoms with E-state index >= 15 is 0 Å². The van der Waals surface area contributed by atoms with Crippen molar-refractivity contribution >= 4 is 17.8 Å². The standard InChI is InChI=1S/C14H16N2O4/c15-13(18)10-3-5-11(6-4-10)14(19)20-9-12(17)16-7-1-2-8-16/h3-6H,1-2,7-9H2,(H2,15,18). The first kappa shape index (κ1) is 14.0. The van der Waals surface area contributed by atoms with Crippen LogP contribution in [0.15, 0.2) is 24.3 Å². The lowest BCUT2D eigenvalue weighted by molar-refractivity contribution is -0.133. The van der Waals surface area contributed by atoms with E-state index in [1.165, 1.54) is 24.3 Å². The number of amides is 2. The zero-order valence-corrected chi connectivity index (χ0v) is 11.0. The predicted octanol–water partition coefficient (Wildman–Crippen LogP) is 0.565. The van der Waals surface area contributed by atoms with E-state index < -0.39 is 11.9 Å². The van der Waals surface area contributed by atoms with Crippen molar-refractivity contribution in [3.05, 3.63) is 35.4 Å². The zero-order valence-electron chi connectivity index (χ0n) is 11.0. The summed E-state index contributed by atoms with van der Waals surface area (Å²) in [5, 5.41) is 0. The van der Waals surface area contributed by atoms with Crippen molar-refractivity contribution in [2.24, 2.45) is 5.73 Å². The van der Waals surface area contributed by atoms with Gasteiger partial charge in [0.2, 0.25) is 5.91 Å². The van der Waals surface area contributed by atoms with E-state index in [2.05, 4.69) is 0 Å². The second-order valence-corrected chi connectivity index (χ2v) is 4.61. The summed E-state index contributed by atoms with van der Waals surface area (Å²) in [7, 11) is 0. The van der Waals surface area contributed by atoms with E-state index in [9.17, 15) is 14.4 Å². The number of primary amides is 1. The molecule has 1 aromatic carbocycles. The van der Waals surface area contributed by atoms with Crippen molar-refractivity contribution < 1.29 is 19.1 Å². The molecule has 1 aliphatic rings. The van der Waals surface area contributed by atoms with Gasteiger partial charge in [0.1, 0.15) is 0 Å². The lowest BCUT2D eigenvalue weighted by Gasteiger charge is -2.14. The Bertz CT molecular complexity index is 518. The number of esters is 1. The molecule has 1 aliphatic heterocycles. The molecular formula is C14H16N2O4. The van der Waals surface area contributed by atoms with Crippen LogP contribution in [0.5, 0.6) is 0 Å². The van der Waals surface area contributed by atoms with Gasteiger partial charge in [0.15, 0.2) is 6.61 Å². The Hall–Kier alpha value is -2.37. The molecule has 0 aromatic heterocycles. The average Bonchev–Trinajstić information content (AvgIpc) is 2.98. The van der Waals surface area contributed by atoms with Crippen molar-refractivity contribution in [2.75, 3.05) is 19.7 Å². The van der Waals surface area contributed by atoms with Crippen LogP contribution in [0.1, 0.15) is 33.6 Å². The molecule has 0 unspecified atom stereocenters. The van der Waals surface area contributed by atoms with E-state index in [0.29, 0.717) is 5.56 Å². The Morgan fingerprint density at radius 1 is 1.05 bits per heavy atom. The second kappa shape index (κ2) is 6.18. The lowest BCUT2D eigenvalue weighted by atomic mass is 10.1. The minimum Gasteiger partial charge on any atom is -0.452 e. The predicted molar refractivity (Wildman–Crippen MR) is 71.1 cm³/mol. The van der Waals surface area contributed by atoms with Crippen LogP contribution in [0.25, 0.3) is 0 Å². The summed E-state index contributed by atoms with van der Waals surface area (Å²) in [4.78, 5) is 36.0. The number of carbonyl (C=O) groups is 3. The van der Waals surface area contributed by atoms with Gasteiger partial charge in [-0.3, -0.25) is 9.59 Å². The van der Waals surface area contributed by atoms with Crippen LogP contribution < -0.4 is 5.73 Å². The highest BCUT2D eigenvalue weighted by molar-refractivity contribution is 5.95. The number of likely N-dealkylation sites (tertiary alicyclic amines) is 1. The lowest BCUT2D eigenvalue weighted by Crippen LogP contribution is -2.32. The van der Waals surface area contributed by atoms with E-state index in [1.807, 2.05) is 0 Å². The van der Waals surface area contributed by atoms with Gasteiger partial charge >= 0.3 is 5.97 Å². The van der Waals surface area contributed by atoms with Gasteiger partial charge in [-0.2, -0.15) is 0 Å². The van der Waals surface area contributed by atoms with Crippen molar-refractivity contribution in [2.45, 2.75) is 12.8 Å². The fourth-order valence-corrected chi connectivity index (χ4v) is 2.04. The molecule has 0 aliphatic carbocycles. The summed E-state index contributed by atoms with van der Waals surface area (Å²) in [6.07, 6.45) is 1.99. The molecule has 1 fully saturated rings. The van der Waals surface area contributed by atoms with E-state index in [1.54, 1.807) is 4.90 Å². The molecule has 106 valence electrons. The summed E-state index contributed by atoms with van der Waals surface area (Å²) < 4.78 is 4.96. The highest BCUT2D eigenvalue weighted by Crippen LogP contribution is 2.09. The first-order valence-corrected chi connectivity index (χ1v) is 6.42. The largest absolute Gasteiger partial charge is 0.452 e. The Morgan fingerprint density at radius 2 is 1.60 bits per heavy atom. The molecule has 6 heteroatoms. The molecule has 1 heterocycles. The van der Waals surface area contributed by atoms with Crippen LogP contribution in [0.2, 0.25) is 0 Å². The van der Waals surface area contributed by atoms with Gasteiger partial charge in [0.05, 0.1) is 5.56 Å². The van der Waals surface area contributed by atoms with E-state index in [0.717, 1.165) is 25.9 Å². The van der Waals surface area contributed by atoms with Crippen LogP contribution in [-0.4, -0.2) is 42.4 Å². The highest BCUT2D eigenvalue weighted by Gasteiger charge is 2.19. The second-order valence-electron chi connectivity index (χ2n) is 4.61. The number of ether oxygens (including phenoxy) is 1. The molecule has 0 spiro atoms. The SMILES string of the molecule is NC(=O)c1ccc(C(=O)OCC(=O)N2CCCC2)cc1. The van der Waals surface area contributed by atoms with Crippen molar-refractivity contribution in [3.8, 4) is 0 Å². The number of rotatable bonds is 4. The Balaban J connectivity index is 1.88. The summed E-state index contributed by atoms with van der Waals surface area (Å²) >= 11 is 0. The quantitative estimate of drug-likeness (QED) is 0.814. The van der Waals surface area contributed by atoms with E-state index in [-0.39, 0.29) is 18.1 Å². The minimum absolute atomic E-state index is 0.176. The van der Waals surface area contributed by atoms with Gasteiger partial charge in [0, 0.05) is 18.7 Å². The Kier molecular flexibility index (Phi) is 4.34. The molecule has 0 saturated carbocycles. The maximum absolute atomic E-state index is 11.7. The number of carbonyl (C=O) groups excluding carboxylic acids is 3. The van der Waals surface area contributed by atoms with Gasteiger partial charge < -0.3 is 15.4 Å². The van der Waals surface area contributed by atoms with Gasteiger partial charge in [0.25, 0.3) is 5.91 Å². The summed E-state index contributed by atoms with van der Waals surface area (Å²) in [6.45, 7) is 1.20. The van der Waals surface area contributed by atoms with E-state index in [4.69, 9.17) is 10.5 Å². The molecule has 20 heavy (non-hydrogen) atoms. The highest BCUT2D eigenvalue weighted by atomic mass is 16.5. The first-order chi connectivity index (χ1) is 9.58. The third kappa shape index (κ3) is 3.34. The Labute approximate surface area is 116 Å². The van der Waals surface area contributed by atoms with Crippen molar-refractivity contribution in [1.29, 1.82) is 0 Å². The monoisotopic (exact) mass is 276 g/mol. The maximum atomic E-state index is 11.7. The van der Waals surface area contributed by atoms with Crippen LogP contribution in [0.3, 0.4) is 0 Å². The smallest absolute Gasteiger partial charge is 0.338 e. The van der Waals surface area contributed by atoms with Crippen molar-refractivity contribution in [1.82, 2.24) is 4.90 Å². The molecule has 0 atom stereocenters. The number of hydrogen-bond donors (Lipinski definition) is 1.